The van der Waals surface area contributed by atoms with Crippen LogP contribution >= 0.6 is 15.9 Å². The van der Waals surface area contributed by atoms with Gasteiger partial charge in [0.1, 0.15) is 0 Å². The van der Waals surface area contributed by atoms with Crippen molar-refractivity contribution in [2.45, 2.75) is 6.92 Å². The van der Waals surface area contributed by atoms with Crippen LogP contribution in [0.25, 0.3) is 22.2 Å². The minimum Gasteiger partial charge on any atom is -0.421 e. The summed E-state index contributed by atoms with van der Waals surface area (Å²) in [5.41, 5.74) is 0.907. The van der Waals surface area contributed by atoms with Crippen LogP contribution in [0.2, 0.25) is 0 Å². The molecule has 0 aliphatic carbocycles. The Bertz CT molecular complexity index is 693. The van der Waals surface area contributed by atoms with E-state index in [0.717, 1.165) is 20.8 Å². The quantitative estimate of drug-likeness (QED) is 0.689. The summed E-state index contributed by atoms with van der Waals surface area (Å²) < 4.78 is 6.36. The third-order valence-electron chi connectivity index (χ3n) is 2.49. The second-order valence-corrected chi connectivity index (χ2v) is 4.54. The Kier molecular flexibility index (Phi) is 2.40. The average Bonchev–Trinajstić information content (AvgIpc) is 2.76. The first-order valence-electron chi connectivity index (χ1n) is 5.08. The zero-order valence-electron chi connectivity index (χ0n) is 9.01. The van der Waals surface area contributed by atoms with E-state index in [9.17, 15) is 0 Å². The predicted octanol–water partition coefficient (Wildman–Crippen LogP) is 3.36. The van der Waals surface area contributed by atoms with Gasteiger partial charge in [-0.15, -0.1) is 10.2 Å². The van der Waals surface area contributed by atoms with Gasteiger partial charge in [0, 0.05) is 34.7 Å². The van der Waals surface area contributed by atoms with E-state index in [2.05, 4.69) is 31.1 Å². The van der Waals surface area contributed by atoms with Crippen molar-refractivity contribution in [3.63, 3.8) is 0 Å². The zero-order valence-corrected chi connectivity index (χ0v) is 10.6. The first-order chi connectivity index (χ1) is 8.24. The van der Waals surface area contributed by atoms with Gasteiger partial charge in [0.2, 0.25) is 11.8 Å². The van der Waals surface area contributed by atoms with Crippen LogP contribution in [0, 0.1) is 6.92 Å². The molecular weight excluding hydrogens is 282 g/mol. The molecule has 0 bridgehead atoms. The fraction of sp³-hybridized carbons (Fsp3) is 0.0833. The number of benzene rings is 1. The molecule has 0 aliphatic heterocycles. The van der Waals surface area contributed by atoms with Gasteiger partial charge >= 0.3 is 0 Å². The lowest BCUT2D eigenvalue weighted by molar-refractivity contribution is 0.533. The third-order valence-corrected chi connectivity index (χ3v) is 3.12. The standard InChI is InChI=1S/C12H8BrN3O/c1-7-15-16-12(17-7)8-2-3-9-5-14-6-11(13)10(9)4-8/h2-6H,1H3. The molecule has 0 N–H and O–H groups in total. The van der Waals surface area contributed by atoms with Crippen LogP contribution in [0.4, 0.5) is 0 Å². The fourth-order valence-electron chi connectivity index (χ4n) is 1.67. The predicted molar refractivity (Wildman–Crippen MR) is 67.5 cm³/mol. The zero-order chi connectivity index (χ0) is 11.8. The van der Waals surface area contributed by atoms with E-state index in [1.807, 2.05) is 24.4 Å². The molecule has 0 unspecified atom stereocenters. The number of nitrogens with zero attached hydrogens (tertiary/aromatic N) is 3. The summed E-state index contributed by atoms with van der Waals surface area (Å²) in [7, 11) is 0. The smallest absolute Gasteiger partial charge is 0.247 e. The summed E-state index contributed by atoms with van der Waals surface area (Å²) in [6.45, 7) is 1.78. The van der Waals surface area contributed by atoms with Gasteiger partial charge in [0.05, 0.1) is 0 Å². The van der Waals surface area contributed by atoms with Crippen LogP contribution in [0.1, 0.15) is 5.89 Å². The summed E-state index contributed by atoms with van der Waals surface area (Å²) in [5, 5.41) is 9.98. The number of hydrogen-bond donors (Lipinski definition) is 0. The highest BCUT2D eigenvalue weighted by Gasteiger charge is 2.07. The molecule has 4 nitrogen and oxygen atoms in total. The molecule has 5 heteroatoms. The maximum atomic E-state index is 5.41. The summed E-state index contributed by atoms with van der Waals surface area (Å²) >= 11 is 3.48. The number of aromatic nitrogens is 3. The maximum absolute atomic E-state index is 5.41. The molecule has 0 aliphatic rings. The van der Waals surface area contributed by atoms with Crippen molar-refractivity contribution in [2.75, 3.05) is 0 Å². The van der Waals surface area contributed by atoms with E-state index < -0.39 is 0 Å². The molecular formula is C12H8BrN3O. The molecule has 1 aromatic carbocycles. The van der Waals surface area contributed by atoms with Crippen molar-refractivity contribution in [3.8, 4) is 11.5 Å². The second-order valence-electron chi connectivity index (χ2n) is 3.68. The minimum absolute atomic E-state index is 0.535. The lowest BCUT2D eigenvalue weighted by Crippen LogP contribution is -1.82. The van der Waals surface area contributed by atoms with Gasteiger partial charge in [0.15, 0.2) is 0 Å². The van der Waals surface area contributed by atoms with Crippen LogP contribution in [-0.2, 0) is 0 Å². The summed E-state index contributed by atoms with van der Waals surface area (Å²) in [4.78, 5) is 4.12. The van der Waals surface area contributed by atoms with Gasteiger partial charge < -0.3 is 4.42 Å². The minimum atomic E-state index is 0.535. The Hall–Kier alpha value is -1.75. The topological polar surface area (TPSA) is 51.8 Å². The van der Waals surface area contributed by atoms with E-state index >= 15 is 0 Å². The van der Waals surface area contributed by atoms with Crippen molar-refractivity contribution in [3.05, 3.63) is 41.0 Å². The lowest BCUT2D eigenvalue weighted by Gasteiger charge is -2.01. The Labute approximate surface area is 106 Å². The molecule has 2 heterocycles. The number of hydrogen-bond acceptors (Lipinski definition) is 4. The molecule has 0 fully saturated rings. The third kappa shape index (κ3) is 1.82. The Balaban J connectivity index is 2.22. The monoisotopic (exact) mass is 289 g/mol. The molecule has 0 spiro atoms. The normalized spacial score (nSPS) is 10.9. The van der Waals surface area contributed by atoms with Crippen LogP contribution in [0.3, 0.4) is 0 Å². The van der Waals surface area contributed by atoms with Crippen LogP contribution in [-0.4, -0.2) is 15.2 Å². The average molecular weight is 290 g/mol. The molecule has 0 radical (unpaired) electrons. The molecule has 17 heavy (non-hydrogen) atoms. The van der Waals surface area contributed by atoms with Crippen LogP contribution < -0.4 is 0 Å². The van der Waals surface area contributed by atoms with Crippen molar-refractivity contribution in [1.29, 1.82) is 0 Å². The molecule has 2 aromatic heterocycles. The molecule has 0 atom stereocenters. The van der Waals surface area contributed by atoms with Gasteiger partial charge in [-0.05, 0) is 33.4 Å². The maximum Gasteiger partial charge on any atom is 0.247 e. The van der Waals surface area contributed by atoms with E-state index in [4.69, 9.17) is 4.42 Å². The van der Waals surface area contributed by atoms with E-state index in [0.29, 0.717) is 11.8 Å². The first-order valence-corrected chi connectivity index (χ1v) is 5.87. The van der Waals surface area contributed by atoms with Gasteiger partial charge in [-0.25, -0.2) is 0 Å². The number of aryl methyl sites for hydroxylation is 1. The van der Waals surface area contributed by atoms with Crippen molar-refractivity contribution in [1.82, 2.24) is 15.2 Å². The number of halogens is 1. The summed E-state index contributed by atoms with van der Waals surface area (Å²) in [6, 6.07) is 5.94. The SMILES string of the molecule is Cc1nnc(-c2ccc3cncc(Br)c3c2)o1. The van der Waals surface area contributed by atoms with Crippen LogP contribution in [0.5, 0.6) is 0 Å². The molecule has 0 amide bonds. The number of fused-ring (bicyclic) bond motifs is 1. The highest BCUT2D eigenvalue weighted by molar-refractivity contribution is 9.10. The van der Waals surface area contributed by atoms with E-state index in [1.54, 1.807) is 13.1 Å². The molecule has 0 saturated carbocycles. The van der Waals surface area contributed by atoms with Gasteiger partial charge in [-0.2, -0.15) is 0 Å². The first kappa shape index (κ1) is 10.4. The molecule has 84 valence electrons. The number of pyridine rings is 1. The van der Waals surface area contributed by atoms with Crippen molar-refractivity contribution < 1.29 is 4.42 Å². The number of rotatable bonds is 1. The lowest BCUT2D eigenvalue weighted by atomic mass is 10.1. The second kappa shape index (κ2) is 3.92. The molecule has 3 aromatic rings. The van der Waals surface area contributed by atoms with Crippen molar-refractivity contribution >= 4 is 26.7 Å². The highest BCUT2D eigenvalue weighted by Crippen LogP contribution is 2.27. The summed E-state index contributed by atoms with van der Waals surface area (Å²) in [6.07, 6.45) is 3.59. The summed E-state index contributed by atoms with van der Waals surface area (Å²) in [5.74, 6) is 1.10. The van der Waals surface area contributed by atoms with Gasteiger partial charge in [0.25, 0.3) is 0 Å². The Morgan fingerprint density at radius 1 is 1.18 bits per heavy atom. The Morgan fingerprint density at radius 2 is 2.06 bits per heavy atom. The van der Waals surface area contributed by atoms with E-state index in [-0.39, 0.29) is 0 Å². The molecule has 0 saturated heterocycles. The van der Waals surface area contributed by atoms with Gasteiger partial charge in [-0.3, -0.25) is 4.98 Å². The highest BCUT2D eigenvalue weighted by atomic mass is 79.9. The fourth-order valence-corrected chi connectivity index (χ4v) is 2.14. The van der Waals surface area contributed by atoms with Gasteiger partial charge in [-0.1, -0.05) is 6.07 Å². The Morgan fingerprint density at radius 3 is 2.82 bits per heavy atom. The largest absolute Gasteiger partial charge is 0.421 e. The molecule has 3 rings (SSSR count). The van der Waals surface area contributed by atoms with Crippen LogP contribution in [0.15, 0.2) is 39.5 Å². The van der Waals surface area contributed by atoms with Crippen molar-refractivity contribution in [2.24, 2.45) is 0 Å². The van der Waals surface area contributed by atoms with E-state index in [1.165, 1.54) is 0 Å².